The SMILES string of the molecule is CN(CC(=O)c1ccc(O)c(O)c1)C(=O)CC1SC(=O)NC1=O. The zero-order valence-corrected chi connectivity index (χ0v) is 12.9. The Morgan fingerprint density at radius 3 is 2.52 bits per heavy atom. The van der Waals surface area contributed by atoms with E-state index in [2.05, 4.69) is 5.32 Å². The minimum atomic E-state index is -0.787. The van der Waals surface area contributed by atoms with Gasteiger partial charge in [0.25, 0.3) is 5.24 Å². The largest absolute Gasteiger partial charge is 0.504 e. The molecular weight excluding hydrogens is 324 g/mol. The third-order valence-corrected chi connectivity index (χ3v) is 4.21. The Labute approximate surface area is 135 Å². The number of amides is 3. The molecule has 1 unspecified atom stereocenters. The van der Waals surface area contributed by atoms with Crippen molar-refractivity contribution in [3.8, 4) is 11.5 Å². The molecular formula is C14H14N2O6S. The van der Waals surface area contributed by atoms with Crippen molar-refractivity contribution in [3.05, 3.63) is 23.8 Å². The number of imide groups is 1. The lowest BCUT2D eigenvalue weighted by molar-refractivity contribution is -0.131. The maximum atomic E-state index is 12.1. The van der Waals surface area contributed by atoms with E-state index in [0.29, 0.717) is 0 Å². The van der Waals surface area contributed by atoms with E-state index in [9.17, 15) is 29.4 Å². The molecule has 9 heteroatoms. The number of benzene rings is 1. The summed E-state index contributed by atoms with van der Waals surface area (Å²) in [6.45, 7) is -0.254. The van der Waals surface area contributed by atoms with E-state index in [-0.39, 0.29) is 24.3 Å². The Morgan fingerprint density at radius 2 is 1.96 bits per heavy atom. The Hall–Kier alpha value is -2.55. The number of ketones is 1. The fourth-order valence-corrected chi connectivity index (χ4v) is 2.74. The van der Waals surface area contributed by atoms with Gasteiger partial charge in [0.05, 0.1) is 6.54 Å². The molecule has 1 aromatic rings. The van der Waals surface area contributed by atoms with Gasteiger partial charge in [-0.1, -0.05) is 11.8 Å². The van der Waals surface area contributed by atoms with Gasteiger partial charge in [0, 0.05) is 19.0 Å². The molecule has 3 N–H and O–H groups in total. The number of thioether (sulfide) groups is 1. The number of rotatable bonds is 5. The number of aromatic hydroxyl groups is 2. The zero-order valence-electron chi connectivity index (χ0n) is 12.1. The van der Waals surface area contributed by atoms with Crippen LogP contribution in [-0.2, 0) is 9.59 Å². The van der Waals surface area contributed by atoms with Gasteiger partial charge >= 0.3 is 0 Å². The average Bonchev–Trinajstić information content (AvgIpc) is 2.79. The van der Waals surface area contributed by atoms with Crippen LogP contribution < -0.4 is 5.32 Å². The molecule has 1 atom stereocenters. The lowest BCUT2D eigenvalue weighted by Gasteiger charge is -2.17. The normalized spacial score (nSPS) is 17.0. The van der Waals surface area contributed by atoms with Gasteiger partial charge in [0.15, 0.2) is 17.3 Å². The molecule has 2 rings (SSSR count). The molecule has 8 nitrogen and oxygen atoms in total. The van der Waals surface area contributed by atoms with Crippen molar-refractivity contribution in [1.29, 1.82) is 0 Å². The molecule has 1 heterocycles. The lowest BCUT2D eigenvalue weighted by atomic mass is 10.1. The van der Waals surface area contributed by atoms with Gasteiger partial charge in [0.1, 0.15) is 5.25 Å². The van der Waals surface area contributed by atoms with Crippen molar-refractivity contribution >= 4 is 34.6 Å². The number of likely N-dealkylation sites (N-methyl/N-ethyl adjacent to an activating group) is 1. The highest BCUT2D eigenvalue weighted by Crippen LogP contribution is 2.25. The molecule has 0 saturated carbocycles. The molecule has 0 aromatic heterocycles. The van der Waals surface area contributed by atoms with Crippen molar-refractivity contribution in [2.24, 2.45) is 0 Å². The van der Waals surface area contributed by atoms with E-state index in [0.717, 1.165) is 22.7 Å². The summed E-state index contributed by atoms with van der Waals surface area (Å²) in [6.07, 6.45) is -0.188. The molecule has 1 aliphatic heterocycles. The van der Waals surface area contributed by atoms with Crippen LogP contribution in [0.3, 0.4) is 0 Å². The van der Waals surface area contributed by atoms with E-state index in [1.54, 1.807) is 0 Å². The molecule has 0 radical (unpaired) electrons. The first kappa shape index (κ1) is 16.8. The fraction of sp³-hybridized carbons (Fsp3) is 0.286. The van der Waals surface area contributed by atoms with Gasteiger partial charge < -0.3 is 15.1 Å². The van der Waals surface area contributed by atoms with Crippen LogP contribution in [0.1, 0.15) is 16.8 Å². The number of phenols is 2. The fourth-order valence-electron chi connectivity index (χ4n) is 1.93. The molecule has 0 aliphatic carbocycles. The molecule has 122 valence electrons. The monoisotopic (exact) mass is 338 g/mol. The van der Waals surface area contributed by atoms with Crippen LogP contribution >= 0.6 is 11.8 Å². The Kier molecular flexibility index (Phi) is 4.89. The molecule has 3 amide bonds. The van der Waals surface area contributed by atoms with Crippen molar-refractivity contribution in [3.63, 3.8) is 0 Å². The van der Waals surface area contributed by atoms with E-state index in [1.165, 1.54) is 19.2 Å². The number of carbonyl (C=O) groups excluding carboxylic acids is 4. The molecule has 0 bridgehead atoms. The van der Waals surface area contributed by atoms with Crippen LogP contribution in [-0.4, -0.2) is 56.8 Å². The van der Waals surface area contributed by atoms with Crippen LogP contribution in [0.2, 0.25) is 0 Å². The number of hydrogen-bond acceptors (Lipinski definition) is 7. The molecule has 1 aromatic carbocycles. The van der Waals surface area contributed by atoms with Gasteiger partial charge in [0.2, 0.25) is 11.8 Å². The van der Waals surface area contributed by atoms with Crippen LogP contribution in [0.15, 0.2) is 18.2 Å². The lowest BCUT2D eigenvalue weighted by Crippen LogP contribution is -2.35. The van der Waals surface area contributed by atoms with Gasteiger partial charge in [-0.25, -0.2) is 0 Å². The second kappa shape index (κ2) is 6.69. The molecule has 1 aliphatic rings. The Bertz CT molecular complexity index is 690. The summed E-state index contributed by atoms with van der Waals surface area (Å²) in [4.78, 5) is 47.7. The minimum Gasteiger partial charge on any atom is -0.504 e. The number of nitrogens with zero attached hydrogens (tertiary/aromatic N) is 1. The van der Waals surface area contributed by atoms with Crippen LogP contribution in [0, 0.1) is 0 Å². The van der Waals surface area contributed by atoms with E-state index >= 15 is 0 Å². The quantitative estimate of drug-likeness (QED) is 0.527. The number of Topliss-reactive ketones (excluding diaryl/α,β-unsaturated/α-hetero) is 1. The summed E-state index contributed by atoms with van der Waals surface area (Å²) in [7, 11) is 1.40. The first-order valence-electron chi connectivity index (χ1n) is 6.58. The van der Waals surface area contributed by atoms with Crippen LogP contribution in [0.4, 0.5) is 4.79 Å². The minimum absolute atomic E-state index is 0.142. The Morgan fingerprint density at radius 1 is 1.26 bits per heavy atom. The summed E-state index contributed by atoms with van der Waals surface area (Å²) in [5.74, 6) is -2.18. The van der Waals surface area contributed by atoms with Crippen molar-refractivity contribution in [1.82, 2.24) is 10.2 Å². The molecule has 1 fully saturated rings. The van der Waals surface area contributed by atoms with Crippen LogP contribution in [0.5, 0.6) is 11.5 Å². The topological polar surface area (TPSA) is 124 Å². The highest BCUT2D eigenvalue weighted by atomic mass is 32.2. The van der Waals surface area contributed by atoms with Crippen molar-refractivity contribution < 1.29 is 29.4 Å². The Balaban J connectivity index is 1.95. The number of phenolic OH excluding ortho intramolecular Hbond substituents is 2. The first-order chi connectivity index (χ1) is 10.8. The zero-order chi connectivity index (χ0) is 17.1. The van der Waals surface area contributed by atoms with Crippen LogP contribution in [0.25, 0.3) is 0 Å². The average molecular weight is 338 g/mol. The van der Waals surface area contributed by atoms with Gasteiger partial charge in [-0.3, -0.25) is 24.5 Å². The number of nitrogens with one attached hydrogen (secondary N) is 1. The number of carbonyl (C=O) groups is 4. The highest BCUT2D eigenvalue weighted by molar-refractivity contribution is 8.15. The van der Waals surface area contributed by atoms with Crippen molar-refractivity contribution in [2.75, 3.05) is 13.6 Å². The second-order valence-electron chi connectivity index (χ2n) is 4.96. The highest BCUT2D eigenvalue weighted by Gasteiger charge is 2.34. The van der Waals surface area contributed by atoms with E-state index in [4.69, 9.17) is 0 Å². The molecule has 0 spiro atoms. The van der Waals surface area contributed by atoms with E-state index < -0.39 is 33.8 Å². The van der Waals surface area contributed by atoms with Gasteiger partial charge in [-0.15, -0.1) is 0 Å². The predicted octanol–water partition coefficient (Wildman–Crippen LogP) is 0.481. The van der Waals surface area contributed by atoms with Crippen molar-refractivity contribution in [2.45, 2.75) is 11.7 Å². The predicted molar refractivity (Wildman–Crippen MR) is 81.3 cm³/mol. The molecule has 1 saturated heterocycles. The summed E-state index contributed by atoms with van der Waals surface area (Å²) >= 11 is 0.745. The number of hydrogen-bond donors (Lipinski definition) is 3. The maximum absolute atomic E-state index is 12.1. The summed E-state index contributed by atoms with van der Waals surface area (Å²) < 4.78 is 0. The molecule has 23 heavy (non-hydrogen) atoms. The third kappa shape index (κ3) is 4.01. The second-order valence-corrected chi connectivity index (χ2v) is 6.14. The standard InChI is InChI=1S/C14H14N2O6S/c1-16(12(20)5-11-13(21)15-14(22)23-11)6-10(19)7-2-3-8(17)9(18)4-7/h2-4,11,17-18H,5-6H2,1H3,(H,15,21,22). The summed E-state index contributed by atoms with van der Waals surface area (Å²) in [5.41, 5.74) is 0.142. The summed E-state index contributed by atoms with van der Waals surface area (Å²) in [6, 6.07) is 3.61. The third-order valence-electron chi connectivity index (χ3n) is 3.23. The maximum Gasteiger partial charge on any atom is 0.286 e. The smallest absolute Gasteiger partial charge is 0.286 e. The first-order valence-corrected chi connectivity index (χ1v) is 7.46. The van der Waals surface area contributed by atoms with E-state index in [1.807, 2.05) is 0 Å². The van der Waals surface area contributed by atoms with Gasteiger partial charge in [-0.2, -0.15) is 0 Å². The summed E-state index contributed by atoms with van der Waals surface area (Å²) in [5, 5.41) is 19.4. The van der Waals surface area contributed by atoms with Gasteiger partial charge in [-0.05, 0) is 18.2 Å².